The lowest BCUT2D eigenvalue weighted by molar-refractivity contribution is 0.412. The average Bonchev–Trinajstić information content (AvgIpc) is 2.43. The number of aromatic nitrogens is 1. The van der Waals surface area contributed by atoms with Crippen LogP contribution < -0.4 is 15.8 Å². The summed E-state index contributed by atoms with van der Waals surface area (Å²) in [5.74, 6) is 1.11. The van der Waals surface area contributed by atoms with Crippen LogP contribution in [-0.2, 0) is 0 Å². The Labute approximate surface area is 133 Å². The fourth-order valence-electron chi connectivity index (χ4n) is 1.57. The number of ether oxygens (including phenoxy) is 1. The highest BCUT2D eigenvalue weighted by Crippen LogP contribution is 2.36. The fraction of sp³-hybridized carbons (Fsp3) is 0.0769. The Morgan fingerprint density at radius 3 is 2.70 bits per heavy atom. The van der Waals surface area contributed by atoms with E-state index >= 15 is 0 Å². The van der Waals surface area contributed by atoms with Crippen molar-refractivity contribution < 1.29 is 4.74 Å². The molecule has 2 aromatic rings. The Morgan fingerprint density at radius 2 is 2.05 bits per heavy atom. The first-order valence-electron chi connectivity index (χ1n) is 5.51. The van der Waals surface area contributed by atoms with Gasteiger partial charge in [-0.25, -0.2) is 4.98 Å². The molecule has 0 aliphatic heterocycles. The summed E-state index contributed by atoms with van der Waals surface area (Å²) in [5.41, 5.74) is 7.17. The van der Waals surface area contributed by atoms with Crippen molar-refractivity contribution in [3.63, 3.8) is 0 Å². The molecule has 0 atom stereocenters. The number of benzene rings is 1. The van der Waals surface area contributed by atoms with Crippen LogP contribution in [0.15, 0.2) is 33.3 Å². The van der Waals surface area contributed by atoms with E-state index in [0.29, 0.717) is 22.8 Å². The van der Waals surface area contributed by atoms with Gasteiger partial charge in [-0.15, -0.1) is 0 Å². The summed E-state index contributed by atoms with van der Waals surface area (Å²) in [7, 11) is 1.58. The lowest BCUT2D eigenvalue weighted by Gasteiger charge is -2.12. The lowest BCUT2D eigenvalue weighted by Crippen LogP contribution is -2.00. The molecule has 0 aliphatic rings. The predicted molar refractivity (Wildman–Crippen MR) is 85.0 cm³/mol. The van der Waals surface area contributed by atoms with Crippen molar-refractivity contribution in [2.75, 3.05) is 18.2 Å². The van der Waals surface area contributed by atoms with Gasteiger partial charge < -0.3 is 15.8 Å². The summed E-state index contributed by atoms with van der Waals surface area (Å²) < 4.78 is 6.88. The molecule has 0 radical (unpaired) electrons. The Balaban J connectivity index is 2.43. The number of halogens is 2. The van der Waals surface area contributed by atoms with Crippen LogP contribution in [-0.4, -0.2) is 12.1 Å². The smallest absolute Gasteiger partial charge is 0.148 e. The standard InChI is InChI=1S/C13H10Br2N4O/c1-20-12-4-11(9(14)3-10(12)15)19-13-7(5-16)2-8(17)6-18-13/h2-4,6H,17H2,1H3,(H,18,19). The molecule has 1 aromatic carbocycles. The zero-order chi connectivity index (χ0) is 14.7. The van der Waals surface area contributed by atoms with E-state index in [2.05, 4.69) is 48.2 Å². The molecule has 0 spiro atoms. The number of anilines is 3. The van der Waals surface area contributed by atoms with Crippen molar-refractivity contribution >= 4 is 49.1 Å². The van der Waals surface area contributed by atoms with Crippen molar-refractivity contribution in [2.24, 2.45) is 0 Å². The predicted octanol–water partition coefficient (Wildman–Crippen LogP) is 3.81. The van der Waals surface area contributed by atoms with Gasteiger partial charge in [-0.2, -0.15) is 5.26 Å². The molecule has 1 heterocycles. The second-order valence-corrected chi connectivity index (χ2v) is 5.58. The van der Waals surface area contributed by atoms with E-state index in [1.807, 2.05) is 6.07 Å². The van der Waals surface area contributed by atoms with Gasteiger partial charge in [0.15, 0.2) is 0 Å². The number of hydrogen-bond donors (Lipinski definition) is 2. The minimum Gasteiger partial charge on any atom is -0.495 e. The maximum atomic E-state index is 9.11. The number of nitriles is 1. The number of hydrogen-bond acceptors (Lipinski definition) is 5. The van der Waals surface area contributed by atoms with E-state index in [0.717, 1.165) is 14.6 Å². The molecule has 3 N–H and O–H groups in total. The van der Waals surface area contributed by atoms with Crippen LogP contribution >= 0.6 is 31.9 Å². The quantitative estimate of drug-likeness (QED) is 0.822. The molecule has 0 saturated heterocycles. The number of nitrogens with zero attached hydrogens (tertiary/aromatic N) is 2. The molecular formula is C13H10Br2N4O. The molecule has 1 aromatic heterocycles. The summed E-state index contributed by atoms with van der Waals surface area (Å²) in [4.78, 5) is 4.13. The SMILES string of the molecule is COc1cc(Nc2ncc(N)cc2C#N)c(Br)cc1Br. The second kappa shape index (κ2) is 6.11. The van der Waals surface area contributed by atoms with Gasteiger partial charge in [0.25, 0.3) is 0 Å². The summed E-state index contributed by atoms with van der Waals surface area (Å²) >= 11 is 6.84. The minimum atomic E-state index is 0.374. The zero-order valence-corrected chi connectivity index (χ0v) is 13.6. The van der Waals surface area contributed by atoms with Gasteiger partial charge in [0.2, 0.25) is 0 Å². The number of nitrogens with two attached hydrogens (primary N) is 1. The van der Waals surface area contributed by atoms with Crippen molar-refractivity contribution in [2.45, 2.75) is 0 Å². The molecule has 0 bridgehead atoms. The Hall–Kier alpha value is -1.78. The molecule has 0 unspecified atom stereocenters. The van der Waals surface area contributed by atoms with Crippen LogP contribution in [0.3, 0.4) is 0 Å². The topological polar surface area (TPSA) is 84.0 Å². The Morgan fingerprint density at radius 1 is 1.30 bits per heavy atom. The summed E-state index contributed by atoms with van der Waals surface area (Å²) in [6, 6.07) is 7.27. The fourth-order valence-corrected chi connectivity index (χ4v) is 2.83. The summed E-state index contributed by atoms with van der Waals surface area (Å²) in [6.07, 6.45) is 1.49. The summed E-state index contributed by atoms with van der Waals surface area (Å²) in [5, 5.41) is 12.2. The molecular weight excluding hydrogens is 388 g/mol. The normalized spacial score (nSPS) is 9.90. The third kappa shape index (κ3) is 3.03. The monoisotopic (exact) mass is 396 g/mol. The highest BCUT2D eigenvalue weighted by molar-refractivity contribution is 9.11. The van der Waals surface area contributed by atoms with Gasteiger partial charge in [-0.1, -0.05) is 0 Å². The van der Waals surface area contributed by atoms with E-state index in [1.54, 1.807) is 19.2 Å². The van der Waals surface area contributed by atoms with E-state index in [4.69, 9.17) is 15.7 Å². The highest BCUT2D eigenvalue weighted by atomic mass is 79.9. The van der Waals surface area contributed by atoms with Crippen LogP contribution in [0, 0.1) is 11.3 Å². The van der Waals surface area contributed by atoms with E-state index in [1.165, 1.54) is 6.20 Å². The molecule has 0 saturated carbocycles. The average molecular weight is 398 g/mol. The van der Waals surface area contributed by atoms with Gasteiger partial charge in [-0.05, 0) is 44.0 Å². The molecule has 0 aliphatic carbocycles. The molecule has 2 rings (SSSR count). The Bertz CT molecular complexity index is 698. The van der Waals surface area contributed by atoms with Crippen LogP contribution in [0.4, 0.5) is 17.2 Å². The van der Waals surface area contributed by atoms with Crippen LogP contribution in [0.5, 0.6) is 5.75 Å². The van der Waals surface area contributed by atoms with Crippen LogP contribution in [0.25, 0.3) is 0 Å². The van der Waals surface area contributed by atoms with Gasteiger partial charge in [0.1, 0.15) is 17.6 Å². The zero-order valence-electron chi connectivity index (χ0n) is 10.4. The van der Waals surface area contributed by atoms with Gasteiger partial charge in [-0.3, -0.25) is 0 Å². The maximum Gasteiger partial charge on any atom is 0.148 e. The van der Waals surface area contributed by atoms with E-state index in [9.17, 15) is 0 Å². The largest absolute Gasteiger partial charge is 0.495 e. The van der Waals surface area contributed by atoms with Crippen molar-refractivity contribution in [3.05, 3.63) is 38.9 Å². The maximum absolute atomic E-state index is 9.11. The van der Waals surface area contributed by atoms with Crippen molar-refractivity contribution in [3.8, 4) is 11.8 Å². The van der Waals surface area contributed by atoms with Crippen molar-refractivity contribution in [1.82, 2.24) is 4.98 Å². The first-order valence-corrected chi connectivity index (χ1v) is 7.09. The number of pyridine rings is 1. The van der Waals surface area contributed by atoms with Gasteiger partial charge >= 0.3 is 0 Å². The first-order chi connectivity index (χ1) is 9.55. The highest BCUT2D eigenvalue weighted by Gasteiger charge is 2.10. The molecule has 7 heteroatoms. The van der Waals surface area contributed by atoms with E-state index < -0.39 is 0 Å². The van der Waals surface area contributed by atoms with Crippen molar-refractivity contribution in [1.29, 1.82) is 5.26 Å². The van der Waals surface area contributed by atoms with Gasteiger partial charge in [0, 0.05) is 10.5 Å². The van der Waals surface area contributed by atoms with Crippen LogP contribution in [0.1, 0.15) is 5.56 Å². The first kappa shape index (κ1) is 14.6. The van der Waals surface area contributed by atoms with Crippen LogP contribution in [0.2, 0.25) is 0 Å². The number of rotatable bonds is 3. The molecule has 102 valence electrons. The van der Waals surface area contributed by atoms with Gasteiger partial charge in [0.05, 0.1) is 34.7 Å². The second-order valence-electron chi connectivity index (χ2n) is 3.87. The number of methoxy groups -OCH3 is 1. The molecule has 0 fully saturated rings. The Kier molecular flexibility index (Phi) is 4.47. The molecule has 20 heavy (non-hydrogen) atoms. The molecule has 0 amide bonds. The lowest BCUT2D eigenvalue weighted by atomic mass is 10.2. The number of nitrogen functional groups attached to an aromatic ring is 1. The third-order valence-corrected chi connectivity index (χ3v) is 3.80. The summed E-state index contributed by atoms with van der Waals surface area (Å²) in [6.45, 7) is 0. The number of nitrogens with one attached hydrogen (secondary N) is 1. The third-order valence-electron chi connectivity index (χ3n) is 2.52. The van der Waals surface area contributed by atoms with E-state index in [-0.39, 0.29) is 0 Å². The molecule has 5 nitrogen and oxygen atoms in total. The minimum absolute atomic E-state index is 0.374.